The van der Waals surface area contributed by atoms with Crippen LogP contribution in [-0.4, -0.2) is 24.1 Å². The average molecular weight is 277 g/mol. The van der Waals surface area contributed by atoms with Gasteiger partial charge in [0, 0.05) is 0 Å². The summed E-state index contributed by atoms with van der Waals surface area (Å²) in [4.78, 5) is 12.6. The molecule has 1 amide bonds. The number of carbonyl (C=O) groups excluding carboxylic acids is 1. The van der Waals surface area contributed by atoms with Crippen LogP contribution in [0.5, 0.6) is 5.75 Å². The molecule has 0 unspecified atom stereocenters. The van der Waals surface area contributed by atoms with E-state index in [4.69, 9.17) is 15.7 Å². The Bertz CT molecular complexity index is 522. The van der Waals surface area contributed by atoms with Gasteiger partial charge in [0.1, 0.15) is 11.2 Å². The number of hydrogen-bond donors (Lipinski definition) is 3. The first kappa shape index (κ1) is 14.2. The third-order valence-electron chi connectivity index (χ3n) is 3.84. The maximum atomic E-state index is 12.6. The molecule has 1 aromatic rings. The summed E-state index contributed by atoms with van der Waals surface area (Å²) >= 11 is 0. The van der Waals surface area contributed by atoms with Crippen LogP contribution < -0.4 is 15.8 Å². The number of amidine groups is 1. The number of amides is 1. The van der Waals surface area contributed by atoms with Gasteiger partial charge in [-0.25, -0.2) is 0 Å². The summed E-state index contributed by atoms with van der Waals surface area (Å²) in [6.45, 7) is 0. The van der Waals surface area contributed by atoms with E-state index in [0.29, 0.717) is 24.3 Å². The Labute approximate surface area is 117 Å². The van der Waals surface area contributed by atoms with Gasteiger partial charge in [-0.15, -0.1) is 0 Å². The quantitative estimate of drug-likeness (QED) is 0.339. The summed E-state index contributed by atoms with van der Waals surface area (Å²) < 4.78 is 5.20. The molecule has 0 heterocycles. The zero-order valence-corrected chi connectivity index (χ0v) is 11.4. The van der Waals surface area contributed by atoms with E-state index in [-0.39, 0.29) is 11.7 Å². The Kier molecular flexibility index (Phi) is 4.12. The van der Waals surface area contributed by atoms with Crippen molar-refractivity contribution in [2.24, 2.45) is 16.3 Å². The van der Waals surface area contributed by atoms with Crippen molar-refractivity contribution in [2.75, 3.05) is 12.4 Å². The van der Waals surface area contributed by atoms with Gasteiger partial charge in [0.05, 0.1) is 12.8 Å². The van der Waals surface area contributed by atoms with Crippen molar-refractivity contribution in [3.05, 3.63) is 24.3 Å². The molecule has 1 saturated carbocycles. The van der Waals surface area contributed by atoms with Gasteiger partial charge in [0.25, 0.3) is 0 Å². The standard InChI is InChI=1S/C14H19N3O3/c1-20-11-7-3-2-6-10(11)16-13(18)14(12(15)17-19)8-4-5-9-14/h2-3,6-7,19H,4-5,8-9H2,1H3,(H2,15,17)(H,16,18). The SMILES string of the molecule is COc1ccccc1NC(=O)C1(C(N)=NO)CCCC1. The number of rotatable bonds is 4. The first-order valence-corrected chi connectivity index (χ1v) is 6.56. The van der Waals surface area contributed by atoms with E-state index in [1.54, 1.807) is 19.2 Å². The summed E-state index contributed by atoms with van der Waals surface area (Å²) in [6.07, 6.45) is 2.94. The van der Waals surface area contributed by atoms with Gasteiger partial charge >= 0.3 is 0 Å². The van der Waals surface area contributed by atoms with Gasteiger partial charge in [-0.1, -0.05) is 30.1 Å². The topological polar surface area (TPSA) is 96.9 Å². The van der Waals surface area contributed by atoms with E-state index in [2.05, 4.69) is 10.5 Å². The number of nitrogens with two attached hydrogens (primary N) is 1. The summed E-state index contributed by atoms with van der Waals surface area (Å²) in [7, 11) is 1.54. The number of nitrogens with one attached hydrogen (secondary N) is 1. The van der Waals surface area contributed by atoms with E-state index in [1.807, 2.05) is 12.1 Å². The van der Waals surface area contributed by atoms with Gasteiger partial charge in [0.15, 0.2) is 5.84 Å². The highest BCUT2D eigenvalue weighted by atomic mass is 16.5. The molecule has 0 aromatic heterocycles. The molecule has 0 spiro atoms. The van der Waals surface area contributed by atoms with Crippen LogP contribution in [-0.2, 0) is 4.79 Å². The molecular weight excluding hydrogens is 258 g/mol. The smallest absolute Gasteiger partial charge is 0.238 e. The molecule has 0 saturated heterocycles. The predicted molar refractivity (Wildman–Crippen MR) is 75.9 cm³/mol. The number of anilines is 1. The maximum absolute atomic E-state index is 12.6. The number of oxime groups is 1. The monoisotopic (exact) mass is 277 g/mol. The van der Waals surface area contributed by atoms with Crippen molar-refractivity contribution >= 4 is 17.4 Å². The maximum Gasteiger partial charge on any atom is 0.238 e. The van der Waals surface area contributed by atoms with E-state index in [0.717, 1.165) is 12.8 Å². The molecule has 4 N–H and O–H groups in total. The molecule has 0 radical (unpaired) electrons. The van der Waals surface area contributed by atoms with Crippen LogP contribution in [0.1, 0.15) is 25.7 Å². The van der Waals surface area contributed by atoms with Crippen LogP contribution in [0.3, 0.4) is 0 Å². The Morgan fingerprint density at radius 2 is 2.05 bits per heavy atom. The van der Waals surface area contributed by atoms with Crippen LogP contribution >= 0.6 is 0 Å². The van der Waals surface area contributed by atoms with Crippen LogP contribution in [0.25, 0.3) is 0 Å². The van der Waals surface area contributed by atoms with Crippen LogP contribution in [0.15, 0.2) is 29.4 Å². The minimum atomic E-state index is -0.921. The summed E-state index contributed by atoms with van der Waals surface area (Å²) in [6, 6.07) is 7.15. The predicted octanol–water partition coefficient (Wildman–Crippen LogP) is 1.94. The zero-order valence-electron chi connectivity index (χ0n) is 11.4. The number of para-hydroxylation sites is 2. The highest BCUT2D eigenvalue weighted by Gasteiger charge is 2.45. The second kappa shape index (κ2) is 5.81. The Balaban J connectivity index is 2.26. The first-order valence-electron chi connectivity index (χ1n) is 6.56. The zero-order chi connectivity index (χ0) is 14.6. The largest absolute Gasteiger partial charge is 0.495 e. The molecule has 6 heteroatoms. The van der Waals surface area contributed by atoms with Gasteiger partial charge in [0.2, 0.25) is 5.91 Å². The number of carbonyl (C=O) groups is 1. The summed E-state index contributed by atoms with van der Waals surface area (Å²) in [5, 5.41) is 14.8. The van der Waals surface area contributed by atoms with Crippen molar-refractivity contribution in [3.8, 4) is 5.75 Å². The Hall–Kier alpha value is -2.24. The van der Waals surface area contributed by atoms with Crippen molar-refractivity contribution in [1.82, 2.24) is 0 Å². The summed E-state index contributed by atoms with van der Waals surface area (Å²) in [5.74, 6) is 0.297. The lowest BCUT2D eigenvalue weighted by molar-refractivity contribution is -0.122. The Morgan fingerprint density at radius 3 is 2.65 bits per heavy atom. The third-order valence-corrected chi connectivity index (χ3v) is 3.84. The molecule has 6 nitrogen and oxygen atoms in total. The average Bonchev–Trinajstić information content (AvgIpc) is 2.97. The fourth-order valence-electron chi connectivity index (χ4n) is 2.66. The Morgan fingerprint density at radius 1 is 1.40 bits per heavy atom. The minimum Gasteiger partial charge on any atom is -0.495 e. The molecule has 1 aromatic carbocycles. The number of ether oxygens (including phenoxy) is 1. The molecule has 108 valence electrons. The van der Waals surface area contributed by atoms with Gasteiger partial charge in [-0.3, -0.25) is 4.79 Å². The fourth-order valence-corrected chi connectivity index (χ4v) is 2.66. The van der Waals surface area contributed by atoms with E-state index in [9.17, 15) is 4.79 Å². The number of hydrogen-bond acceptors (Lipinski definition) is 4. The second-order valence-electron chi connectivity index (χ2n) is 4.93. The molecule has 0 aliphatic heterocycles. The van der Waals surface area contributed by atoms with Crippen molar-refractivity contribution in [2.45, 2.75) is 25.7 Å². The fraction of sp³-hybridized carbons (Fsp3) is 0.429. The molecule has 0 atom stereocenters. The number of nitrogens with zero attached hydrogens (tertiary/aromatic N) is 1. The first-order chi connectivity index (χ1) is 9.64. The van der Waals surface area contributed by atoms with Gasteiger partial charge in [-0.05, 0) is 25.0 Å². The molecule has 1 fully saturated rings. The molecule has 1 aliphatic carbocycles. The lowest BCUT2D eigenvalue weighted by Gasteiger charge is -2.26. The summed E-state index contributed by atoms with van der Waals surface area (Å²) in [5.41, 5.74) is 5.41. The third kappa shape index (κ3) is 2.41. The normalized spacial score (nSPS) is 17.8. The van der Waals surface area contributed by atoms with Gasteiger partial charge < -0.3 is 21.0 Å². The second-order valence-corrected chi connectivity index (χ2v) is 4.93. The molecular formula is C14H19N3O3. The van der Waals surface area contributed by atoms with E-state index < -0.39 is 5.41 Å². The van der Waals surface area contributed by atoms with Crippen LogP contribution in [0.2, 0.25) is 0 Å². The molecule has 20 heavy (non-hydrogen) atoms. The van der Waals surface area contributed by atoms with Crippen LogP contribution in [0.4, 0.5) is 5.69 Å². The van der Waals surface area contributed by atoms with Crippen molar-refractivity contribution < 1.29 is 14.7 Å². The molecule has 0 bridgehead atoms. The van der Waals surface area contributed by atoms with E-state index in [1.165, 1.54) is 0 Å². The lowest BCUT2D eigenvalue weighted by atomic mass is 9.83. The minimum absolute atomic E-state index is 0.0256. The highest BCUT2D eigenvalue weighted by molar-refractivity contribution is 6.12. The van der Waals surface area contributed by atoms with Gasteiger partial charge in [-0.2, -0.15) is 0 Å². The number of methoxy groups -OCH3 is 1. The van der Waals surface area contributed by atoms with Crippen molar-refractivity contribution in [1.29, 1.82) is 0 Å². The van der Waals surface area contributed by atoms with Crippen LogP contribution in [0, 0.1) is 5.41 Å². The lowest BCUT2D eigenvalue weighted by Crippen LogP contribution is -2.45. The molecule has 1 aliphatic rings. The van der Waals surface area contributed by atoms with E-state index >= 15 is 0 Å². The number of benzene rings is 1. The highest BCUT2D eigenvalue weighted by Crippen LogP contribution is 2.40. The van der Waals surface area contributed by atoms with Crippen molar-refractivity contribution in [3.63, 3.8) is 0 Å². The molecule has 2 rings (SSSR count).